The third kappa shape index (κ3) is 5.13. The second kappa shape index (κ2) is 9.07. The molecule has 3 rings (SSSR count). The molecule has 1 aliphatic rings. The van der Waals surface area contributed by atoms with Gasteiger partial charge in [0.15, 0.2) is 0 Å². The van der Waals surface area contributed by atoms with Gasteiger partial charge >= 0.3 is 0 Å². The standard InChI is InChI=1S/C22H30N2O3S/c1-18-8-10-20(11-9-18)24(28(26,27)22-6-4-3-5-7-22)17-21(25)16-23-14-12-19(2)13-15-23/h3-11,19,21,25H,12-17H2,1-2H3/p+1/t21-/m1/s1. The number of piperidine rings is 1. The molecule has 2 aromatic carbocycles. The molecule has 0 unspecified atom stereocenters. The molecule has 1 aliphatic heterocycles. The van der Waals surface area contributed by atoms with Gasteiger partial charge in [-0.15, -0.1) is 0 Å². The SMILES string of the molecule is Cc1ccc(N(C[C@H](O)C[NH+]2CCC(C)CC2)S(=O)(=O)c2ccccc2)cc1. The smallest absolute Gasteiger partial charge is 0.264 e. The molecule has 0 radical (unpaired) electrons. The quantitative estimate of drug-likeness (QED) is 0.742. The lowest BCUT2D eigenvalue weighted by Gasteiger charge is -2.31. The molecule has 0 bridgehead atoms. The van der Waals surface area contributed by atoms with Crippen LogP contribution in [0.4, 0.5) is 5.69 Å². The molecule has 5 nitrogen and oxygen atoms in total. The Hall–Kier alpha value is -1.89. The first-order valence-corrected chi connectivity index (χ1v) is 11.5. The topological polar surface area (TPSA) is 62.1 Å². The second-order valence-corrected chi connectivity index (χ2v) is 9.84. The third-order valence-electron chi connectivity index (χ3n) is 5.54. The summed E-state index contributed by atoms with van der Waals surface area (Å²) in [7, 11) is -3.75. The van der Waals surface area contributed by atoms with Crippen molar-refractivity contribution in [3.05, 3.63) is 60.2 Å². The van der Waals surface area contributed by atoms with Crippen molar-refractivity contribution < 1.29 is 18.4 Å². The van der Waals surface area contributed by atoms with E-state index in [0.717, 1.165) is 37.4 Å². The summed E-state index contributed by atoms with van der Waals surface area (Å²) in [5.74, 6) is 0.739. The van der Waals surface area contributed by atoms with Crippen molar-refractivity contribution in [1.82, 2.24) is 0 Å². The van der Waals surface area contributed by atoms with Crippen molar-refractivity contribution >= 4 is 15.7 Å². The van der Waals surface area contributed by atoms with E-state index in [9.17, 15) is 13.5 Å². The highest BCUT2D eigenvalue weighted by atomic mass is 32.2. The van der Waals surface area contributed by atoms with E-state index in [2.05, 4.69) is 6.92 Å². The summed E-state index contributed by atoms with van der Waals surface area (Å²) in [4.78, 5) is 1.59. The fourth-order valence-electron chi connectivity index (χ4n) is 3.74. The van der Waals surface area contributed by atoms with E-state index in [-0.39, 0.29) is 11.4 Å². The summed E-state index contributed by atoms with van der Waals surface area (Å²) < 4.78 is 27.9. The summed E-state index contributed by atoms with van der Waals surface area (Å²) >= 11 is 0. The zero-order valence-electron chi connectivity index (χ0n) is 16.7. The Morgan fingerprint density at radius 1 is 1.07 bits per heavy atom. The van der Waals surface area contributed by atoms with Gasteiger partial charge in [0.1, 0.15) is 12.6 Å². The van der Waals surface area contributed by atoms with Crippen molar-refractivity contribution in [2.75, 3.05) is 30.5 Å². The molecule has 1 fully saturated rings. The van der Waals surface area contributed by atoms with Crippen molar-refractivity contribution in [1.29, 1.82) is 0 Å². The first kappa shape index (κ1) is 20.8. The molecule has 28 heavy (non-hydrogen) atoms. The zero-order chi connectivity index (χ0) is 20.1. The predicted octanol–water partition coefficient (Wildman–Crippen LogP) is 1.87. The maximum absolute atomic E-state index is 13.3. The van der Waals surface area contributed by atoms with Gasteiger partial charge in [0.05, 0.1) is 30.2 Å². The lowest BCUT2D eigenvalue weighted by atomic mass is 9.99. The number of rotatable bonds is 7. The molecule has 2 N–H and O–H groups in total. The number of sulfonamides is 1. The monoisotopic (exact) mass is 403 g/mol. The van der Waals surface area contributed by atoms with Gasteiger partial charge in [0.2, 0.25) is 0 Å². The number of hydrogen-bond donors (Lipinski definition) is 2. The Balaban J connectivity index is 1.81. The molecule has 6 heteroatoms. The van der Waals surface area contributed by atoms with Gasteiger partial charge in [-0.05, 0) is 49.9 Å². The number of aliphatic hydroxyl groups excluding tert-OH is 1. The number of quaternary nitrogens is 1. The van der Waals surface area contributed by atoms with Gasteiger partial charge in [-0.2, -0.15) is 0 Å². The highest BCUT2D eigenvalue weighted by Gasteiger charge is 2.29. The predicted molar refractivity (Wildman–Crippen MR) is 112 cm³/mol. The molecule has 0 spiro atoms. The molecule has 1 atom stereocenters. The van der Waals surface area contributed by atoms with E-state index in [4.69, 9.17) is 0 Å². The highest BCUT2D eigenvalue weighted by Crippen LogP contribution is 2.24. The van der Waals surface area contributed by atoms with Crippen LogP contribution in [0.2, 0.25) is 0 Å². The first-order chi connectivity index (χ1) is 13.4. The molecule has 2 aromatic rings. The second-order valence-electron chi connectivity index (χ2n) is 7.98. The van der Waals surface area contributed by atoms with Crippen LogP contribution in [0.25, 0.3) is 0 Å². The number of likely N-dealkylation sites (tertiary alicyclic amines) is 1. The molecule has 0 saturated carbocycles. The van der Waals surface area contributed by atoms with Gasteiger partial charge < -0.3 is 10.0 Å². The lowest BCUT2D eigenvalue weighted by Crippen LogP contribution is -3.14. The number of nitrogens with zero attached hydrogens (tertiary/aromatic N) is 1. The number of aliphatic hydroxyl groups is 1. The Morgan fingerprint density at radius 2 is 1.68 bits per heavy atom. The van der Waals surface area contributed by atoms with Crippen LogP contribution in [0, 0.1) is 12.8 Å². The Labute approximate surface area is 168 Å². The van der Waals surface area contributed by atoms with Crippen LogP contribution in [0.3, 0.4) is 0 Å². The Kier molecular flexibility index (Phi) is 6.75. The minimum absolute atomic E-state index is 0.0549. The van der Waals surface area contributed by atoms with E-state index >= 15 is 0 Å². The Bertz CT molecular complexity index is 845. The van der Waals surface area contributed by atoms with E-state index in [1.54, 1.807) is 42.5 Å². The average Bonchev–Trinajstić information content (AvgIpc) is 2.69. The summed E-state index contributed by atoms with van der Waals surface area (Å²) in [5, 5.41) is 10.7. The van der Waals surface area contributed by atoms with E-state index in [1.165, 1.54) is 9.21 Å². The largest absolute Gasteiger partial charge is 0.385 e. The maximum atomic E-state index is 13.3. The van der Waals surface area contributed by atoms with Crippen LogP contribution in [-0.2, 0) is 10.0 Å². The molecule has 1 heterocycles. The van der Waals surface area contributed by atoms with Crippen LogP contribution in [0.1, 0.15) is 25.3 Å². The van der Waals surface area contributed by atoms with Gasteiger partial charge in [0, 0.05) is 0 Å². The first-order valence-electron chi connectivity index (χ1n) is 10.0. The van der Waals surface area contributed by atoms with E-state index in [0.29, 0.717) is 12.2 Å². The molecule has 0 aliphatic carbocycles. The molecular weight excluding hydrogens is 372 g/mol. The van der Waals surface area contributed by atoms with Crippen molar-refractivity contribution in [2.45, 2.75) is 37.7 Å². The fourth-order valence-corrected chi connectivity index (χ4v) is 5.26. The minimum atomic E-state index is -3.75. The average molecular weight is 404 g/mol. The van der Waals surface area contributed by atoms with Gasteiger partial charge in [-0.25, -0.2) is 8.42 Å². The summed E-state index contributed by atoms with van der Waals surface area (Å²) in [6.07, 6.45) is 1.60. The van der Waals surface area contributed by atoms with Gasteiger partial charge in [-0.1, -0.05) is 42.8 Å². The summed E-state index contributed by atoms with van der Waals surface area (Å²) in [6.45, 7) is 6.93. The molecule has 152 valence electrons. The maximum Gasteiger partial charge on any atom is 0.264 e. The van der Waals surface area contributed by atoms with Crippen LogP contribution < -0.4 is 9.21 Å². The Morgan fingerprint density at radius 3 is 2.29 bits per heavy atom. The van der Waals surface area contributed by atoms with Crippen LogP contribution in [0.5, 0.6) is 0 Å². The van der Waals surface area contributed by atoms with Gasteiger partial charge in [-0.3, -0.25) is 4.31 Å². The number of hydrogen-bond acceptors (Lipinski definition) is 3. The molecule has 0 amide bonds. The number of anilines is 1. The summed E-state index contributed by atoms with van der Waals surface area (Å²) in [6, 6.07) is 15.8. The number of benzene rings is 2. The normalized spacial score (nSPS) is 21.2. The zero-order valence-corrected chi connectivity index (χ0v) is 17.5. The van der Waals surface area contributed by atoms with Crippen LogP contribution in [0.15, 0.2) is 59.5 Å². The summed E-state index contributed by atoms with van der Waals surface area (Å²) in [5.41, 5.74) is 1.64. The number of nitrogens with one attached hydrogen (secondary N) is 1. The third-order valence-corrected chi connectivity index (χ3v) is 7.34. The lowest BCUT2D eigenvalue weighted by molar-refractivity contribution is -0.909. The number of aryl methyl sites for hydroxylation is 1. The van der Waals surface area contributed by atoms with Crippen LogP contribution >= 0.6 is 0 Å². The van der Waals surface area contributed by atoms with E-state index < -0.39 is 16.1 Å². The van der Waals surface area contributed by atoms with Crippen molar-refractivity contribution in [2.24, 2.45) is 5.92 Å². The fraction of sp³-hybridized carbons (Fsp3) is 0.455. The van der Waals surface area contributed by atoms with E-state index in [1.807, 2.05) is 19.1 Å². The van der Waals surface area contributed by atoms with Crippen LogP contribution in [-0.4, -0.2) is 45.8 Å². The minimum Gasteiger partial charge on any atom is -0.385 e. The van der Waals surface area contributed by atoms with Crippen molar-refractivity contribution in [3.63, 3.8) is 0 Å². The molecule has 1 saturated heterocycles. The van der Waals surface area contributed by atoms with Gasteiger partial charge in [0.25, 0.3) is 10.0 Å². The highest BCUT2D eigenvalue weighted by molar-refractivity contribution is 7.92. The van der Waals surface area contributed by atoms with Crippen molar-refractivity contribution in [3.8, 4) is 0 Å². The molecule has 0 aromatic heterocycles. The molecular formula is C22H31N2O3S+.